The summed E-state index contributed by atoms with van der Waals surface area (Å²) in [5, 5.41) is 9.49. The Morgan fingerprint density at radius 3 is 2.64 bits per heavy atom. The van der Waals surface area contributed by atoms with Crippen molar-refractivity contribution in [3.8, 4) is 0 Å². The number of carboxylic acids is 1. The number of thiazole rings is 1. The van der Waals surface area contributed by atoms with Crippen LogP contribution in [0.25, 0.3) is 0 Å². The van der Waals surface area contributed by atoms with Crippen molar-refractivity contribution >= 4 is 17.3 Å². The van der Waals surface area contributed by atoms with E-state index in [1.807, 2.05) is 0 Å². The molecule has 3 nitrogen and oxygen atoms in total. The van der Waals surface area contributed by atoms with Crippen molar-refractivity contribution in [2.45, 2.75) is 19.0 Å². The first-order valence-electron chi connectivity index (χ1n) is 3.60. The molecule has 0 spiro atoms. The molecule has 0 aliphatic heterocycles. The predicted molar refractivity (Wildman–Crippen MR) is 43.7 cm³/mol. The second-order valence-electron chi connectivity index (χ2n) is 2.50. The SMILES string of the molecule is O=C(O)c1nc(CC(F)C(F)F)cs1. The zero-order valence-electron chi connectivity index (χ0n) is 6.78. The Balaban J connectivity index is 2.64. The number of carbonyl (C=O) groups is 1. The van der Waals surface area contributed by atoms with Gasteiger partial charge < -0.3 is 5.11 Å². The molecule has 0 aliphatic carbocycles. The van der Waals surface area contributed by atoms with Gasteiger partial charge in [0.05, 0.1) is 5.69 Å². The maximum absolute atomic E-state index is 12.5. The van der Waals surface area contributed by atoms with Gasteiger partial charge >= 0.3 is 5.97 Å². The minimum absolute atomic E-state index is 0.0419. The van der Waals surface area contributed by atoms with Crippen LogP contribution in [0.5, 0.6) is 0 Å². The number of halogens is 3. The zero-order chi connectivity index (χ0) is 10.7. The molecule has 78 valence electrons. The standard InChI is InChI=1S/C7H6F3NO2S/c8-4(5(9)10)1-3-2-14-6(11-3)7(12)13/h2,4-5H,1H2,(H,12,13). The number of hydrogen-bond acceptors (Lipinski definition) is 3. The first kappa shape index (κ1) is 11.0. The van der Waals surface area contributed by atoms with E-state index in [2.05, 4.69) is 4.98 Å². The van der Waals surface area contributed by atoms with E-state index in [9.17, 15) is 18.0 Å². The first-order chi connectivity index (χ1) is 6.50. The van der Waals surface area contributed by atoms with Crippen LogP contribution in [0, 0.1) is 0 Å². The summed E-state index contributed by atoms with van der Waals surface area (Å²) in [5.41, 5.74) is 0.0419. The van der Waals surface area contributed by atoms with Crippen molar-refractivity contribution in [2.24, 2.45) is 0 Å². The molecule has 1 rings (SSSR count). The predicted octanol–water partition coefficient (Wildman–Crippen LogP) is 1.99. The molecule has 1 unspecified atom stereocenters. The van der Waals surface area contributed by atoms with Crippen LogP contribution >= 0.6 is 11.3 Å². The van der Waals surface area contributed by atoms with Gasteiger partial charge in [0.1, 0.15) is 0 Å². The van der Waals surface area contributed by atoms with Gasteiger partial charge in [-0.3, -0.25) is 0 Å². The highest BCUT2D eigenvalue weighted by molar-refractivity contribution is 7.11. The smallest absolute Gasteiger partial charge is 0.365 e. The molecule has 1 atom stereocenters. The molecule has 0 saturated heterocycles. The Hall–Kier alpha value is -1.11. The average Bonchev–Trinajstić information content (AvgIpc) is 2.52. The largest absolute Gasteiger partial charge is 0.476 e. The van der Waals surface area contributed by atoms with Gasteiger partial charge in [-0.1, -0.05) is 0 Å². The van der Waals surface area contributed by atoms with Crippen molar-refractivity contribution in [3.05, 3.63) is 16.1 Å². The highest BCUT2D eigenvalue weighted by Crippen LogP contribution is 2.15. The summed E-state index contributed by atoms with van der Waals surface area (Å²) in [5.74, 6) is -1.24. The van der Waals surface area contributed by atoms with E-state index < -0.39 is 25.0 Å². The molecule has 0 saturated carbocycles. The van der Waals surface area contributed by atoms with Gasteiger partial charge in [-0.25, -0.2) is 22.9 Å². The molecule has 0 aromatic carbocycles. The molecule has 14 heavy (non-hydrogen) atoms. The van der Waals surface area contributed by atoms with Gasteiger partial charge in [0.25, 0.3) is 6.43 Å². The summed E-state index contributed by atoms with van der Waals surface area (Å²) < 4.78 is 36.0. The topological polar surface area (TPSA) is 50.2 Å². The normalized spacial score (nSPS) is 13.1. The molecule has 0 bridgehead atoms. The summed E-state index contributed by atoms with van der Waals surface area (Å²) in [6, 6.07) is 0. The Kier molecular flexibility index (Phi) is 3.45. The third-order valence-corrected chi connectivity index (χ3v) is 2.29. The molecule has 1 aromatic heterocycles. The van der Waals surface area contributed by atoms with E-state index in [0.29, 0.717) is 0 Å². The Labute approximate surface area is 81.2 Å². The Morgan fingerprint density at radius 2 is 2.21 bits per heavy atom. The lowest BCUT2D eigenvalue weighted by Gasteiger charge is -2.02. The van der Waals surface area contributed by atoms with Crippen LogP contribution in [-0.4, -0.2) is 28.7 Å². The minimum atomic E-state index is -3.06. The Bertz CT molecular complexity index is 328. The number of nitrogens with zero attached hydrogens (tertiary/aromatic N) is 1. The number of carboxylic acid groups (broad SMARTS) is 1. The van der Waals surface area contributed by atoms with Crippen molar-refractivity contribution in [3.63, 3.8) is 0 Å². The van der Waals surface area contributed by atoms with E-state index in [0.717, 1.165) is 11.3 Å². The quantitative estimate of drug-likeness (QED) is 0.852. The highest BCUT2D eigenvalue weighted by Gasteiger charge is 2.21. The first-order valence-corrected chi connectivity index (χ1v) is 4.48. The second-order valence-corrected chi connectivity index (χ2v) is 3.36. The average molecular weight is 225 g/mol. The van der Waals surface area contributed by atoms with Crippen LogP contribution in [-0.2, 0) is 6.42 Å². The van der Waals surface area contributed by atoms with Gasteiger partial charge in [0, 0.05) is 11.8 Å². The van der Waals surface area contributed by atoms with Crippen LogP contribution in [0.3, 0.4) is 0 Å². The summed E-state index contributed by atoms with van der Waals surface area (Å²) in [7, 11) is 0. The van der Waals surface area contributed by atoms with Crippen molar-refractivity contribution < 1.29 is 23.1 Å². The van der Waals surface area contributed by atoms with Crippen LogP contribution in [0.15, 0.2) is 5.38 Å². The molecule has 1 N–H and O–H groups in total. The molecule has 1 heterocycles. The van der Waals surface area contributed by atoms with E-state index in [1.54, 1.807) is 0 Å². The molecule has 1 aromatic rings. The summed E-state index contributed by atoms with van der Waals surface area (Å²) >= 11 is 0.789. The molecular weight excluding hydrogens is 219 g/mol. The molecule has 7 heteroatoms. The molecule has 0 aliphatic rings. The van der Waals surface area contributed by atoms with Crippen LogP contribution in [0.2, 0.25) is 0 Å². The fraction of sp³-hybridized carbons (Fsp3) is 0.429. The van der Waals surface area contributed by atoms with Gasteiger partial charge in [-0.05, 0) is 0 Å². The lowest BCUT2D eigenvalue weighted by atomic mass is 10.2. The van der Waals surface area contributed by atoms with E-state index in [4.69, 9.17) is 5.11 Å². The number of aromatic nitrogens is 1. The van der Waals surface area contributed by atoms with Crippen LogP contribution < -0.4 is 0 Å². The summed E-state index contributed by atoms with van der Waals surface area (Å²) in [6.07, 6.45) is -5.91. The molecule has 0 radical (unpaired) electrons. The van der Waals surface area contributed by atoms with Crippen LogP contribution in [0.1, 0.15) is 15.5 Å². The summed E-state index contributed by atoms with van der Waals surface area (Å²) in [6.45, 7) is 0. The number of hydrogen-bond donors (Lipinski definition) is 1. The molecule has 0 amide bonds. The number of aromatic carboxylic acids is 1. The second kappa shape index (κ2) is 4.41. The molecule has 0 fully saturated rings. The number of alkyl halides is 3. The lowest BCUT2D eigenvalue weighted by molar-refractivity contribution is 0.0498. The van der Waals surface area contributed by atoms with Crippen molar-refractivity contribution in [1.82, 2.24) is 4.98 Å². The number of rotatable bonds is 4. The summed E-state index contributed by atoms with van der Waals surface area (Å²) in [4.78, 5) is 13.8. The van der Waals surface area contributed by atoms with Crippen molar-refractivity contribution in [1.29, 1.82) is 0 Å². The lowest BCUT2D eigenvalue weighted by Crippen LogP contribution is -2.15. The van der Waals surface area contributed by atoms with E-state index in [1.165, 1.54) is 5.38 Å². The monoisotopic (exact) mass is 225 g/mol. The van der Waals surface area contributed by atoms with Gasteiger partial charge in [-0.2, -0.15) is 0 Å². The fourth-order valence-corrected chi connectivity index (χ4v) is 1.46. The molecular formula is C7H6F3NO2S. The maximum Gasteiger partial charge on any atom is 0.365 e. The maximum atomic E-state index is 12.5. The third kappa shape index (κ3) is 2.69. The van der Waals surface area contributed by atoms with E-state index >= 15 is 0 Å². The van der Waals surface area contributed by atoms with Crippen LogP contribution in [0.4, 0.5) is 13.2 Å². The fourth-order valence-electron chi connectivity index (χ4n) is 0.788. The van der Waals surface area contributed by atoms with Gasteiger partial charge in [0.15, 0.2) is 6.17 Å². The minimum Gasteiger partial charge on any atom is -0.476 e. The Morgan fingerprint density at radius 1 is 1.57 bits per heavy atom. The highest BCUT2D eigenvalue weighted by atomic mass is 32.1. The zero-order valence-corrected chi connectivity index (χ0v) is 7.60. The van der Waals surface area contributed by atoms with Crippen molar-refractivity contribution in [2.75, 3.05) is 0 Å². The van der Waals surface area contributed by atoms with E-state index in [-0.39, 0.29) is 10.7 Å². The van der Waals surface area contributed by atoms with Gasteiger partial charge in [-0.15, -0.1) is 11.3 Å². The third-order valence-electron chi connectivity index (χ3n) is 1.41. The van der Waals surface area contributed by atoms with Gasteiger partial charge in [0.2, 0.25) is 5.01 Å².